The fraction of sp³-hybridized carbons (Fsp3) is 0.429. The molecule has 0 aliphatic rings. The van der Waals surface area contributed by atoms with Gasteiger partial charge in [0.2, 0.25) is 5.91 Å². The molecule has 1 aromatic carbocycles. The minimum absolute atomic E-state index is 0.152. The second-order valence-corrected chi connectivity index (χ2v) is 4.88. The highest BCUT2D eigenvalue weighted by molar-refractivity contribution is 6.33. The number of rotatable bonds is 5. The third-order valence-corrected chi connectivity index (χ3v) is 2.75. The van der Waals surface area contributed by atoms with Crippen molar-refractivity contribution in [1.29, 1.82) is 0 Å². The van der Waals surface area contributed by atoms with Crippen LogP contribution in [0.1, 0.15) is 37.6 Å². The van der Waals surface area contributed by atoms with Crippen LogP contribution in [0.15, 0.2) is 18.2 Å². The standard InChI is InChI=1S/C14H18ClNO3/c1-4-7-19-14(18)10-5-6-11(15)12(8-10)16-13(17)9(2)3/h5-6,8-9H,4,7H2,1-3H3,(H,16,17). The highest BCUT2D eigenvalue weighted by Gasteiger charge is 2.13. The Labute approximate surface area is 118 Å². The quantitative estimate of drug-likeness (QED) is 0.842. The lowest BCUT2D eigenvalue weighted by Crippen LogP contribution is -2.18. The number of hydrogen-bond donors (Lipinski definition) is 1. The second kappa shape index (κ2) is 7.14. The van der Waals surface area contributed by atoms with E-state index in [9.17, 15) is 9.59 Å². The molecule has 0 unspecified atom stereocenters. The van der Waals surface area contributed by atoms with Gasteiger partial charge in [-0.2, -0.15) is 0 Å². The van der Waals surface area contributed by atoms with Crippen LogP contribution < -0.4 is 5.32 Å². The summed E-state index contributed by atoms with van der Waals surface area (Å²) in [7, 11) is 0. The van der Waals surface area contributed by atoms with Crippen molar-refractivity contribution in [1.82, 2.24) is 0 Å². The summed E-state index contributed by atoms with van der Waals surface area (Å²) in [6.07, 6.45) is 0.760. The van der Waals surface area contributed by atoms with Gasteiger partial charge in [0.05, 0.1) is 22.9 Å². The van der Waals surface area contributed by atoms with E-state index in [0.717, 1.165) is 6.42 Å². The molecule has 0 aliphatic carbocycles. The van der Waals surface area contributed by atoms with Gasteiger partial charge in [-0.05, 0) is 24.6 Å². The van der Waals surface area contributed by atoms with Crippen LogP contribution in [0.4, 0.5) is 5.69 Å². The molecule has 0 heterocycles. The molecule has 104 valence electrons. The van der Waals surface area contributed by atoms with E-state index in [2.05, 4.69) is 5.32 Å². The highest BCUT2D eigenvalue weighted by Crippen LogP contribution is 2.24. The van der Waals surface area contributed by atoms with Crippen molar-refractivity contribution in [3.63, 3.8) is 0 Å². The maximum atomic E-state index is 11.7. The van der Waals surface area contributed by atoms with Crippen LogP contribution in [0.5, 0.6) is 0 Å². The molecule has 1 N–H and O–H groups in total. The zero-order chi connectivity index (χ0) is 14.4. The first-order valence-corrected chi connectivity index (χ1v) is 6.61. The normalized spacial score (nSPS) is 10.4. The van der Waals surface area contributed by atoms with E-state index in [1.54, 1.807) is 26.0 Å². The summed E-state index contributed by atoms with van der Waals surface area (Å²) in [4.78, 5) is 23.3. The number of carbonyl (C=O) groups excluding carboxylic acids is 2. The molecular weight excluding hydrogens is 266 g/mol. The molecule has 4 nitrogen and oxygen atoms in total. The molecule has 0 bridgehead atoms. The van der Waals surface area contributed by atoms with Gasteiger partial charge in [0.1, 0.15) is 0 Å². The fourth-order valence-corrected chi connectivity index (χ4v) is 1.47. The largest absolute Gasteiger partial charge is 0.462 e. The molecule has 0 spiro atoms. The summed E-state index contributed by atoms with van der Waals surface area (Å²) in [5.41, 5.74) is 0.795. The van der Waals surface area contributed by atoms with E-state index in [1.165, 1.54) is 6.07 Å². The molecule has 0 saturated heterocycles. The number of hydrogen-bond acceptors (Lipinski definition) is 3. The molecule has 0 aliphatic heterocycles. The maximum Gasteiger partial charge on any atom is 0.338 e. The van der Waals surface area contributed by atoms with Gasteiger partial charge in [0.25, 0.3) is 0 Å². The Bertz CT molecular complexity index is 472. The molecule has 19 heavy (non-hydrogen) atoms. The van der Waals surface area contributed by atoms with Crippen LogP contribution in [0.2, 0.25) is 5.02 Å². The van der Waals surface area contributed by atoms with E-state index >= 15 is 0 Å². The van der Waals surface area contributed by atoms with Crippen molar-refractivity contribution >= 4 is 29.2 Å². The van der Waals surface area contributed by atoms with E-state index in [-0.39, 0.29) is 11.8 Å². The zero-order valence-corrected chi connectivity index (χ0v) is 12.1. The number of halogens is 1. The number of carbonyl (C=O) groups is 2. The van der Waals surface area contributed by atoms with E-state index in [0.29, 0.717) is 22.9 Å². The predicted octanol–water partition coefficient (Wildman–Crippen LogP) is 3.50. The van der Waals surface area contributed by atoms with E-state index < -0.39 is 5.97 Å². The Morgan fingerprint density at radius 3 is 2.63 bits per heavy atom. The van der Waals surface area contributed by atoms with Gasteiger partial charge in [-0.25, -0.2) is 4.79 Å². The number of ether oxygens (including phenoxy) is 1. The molecule has 1 rings (SSSR count). The van der Waals surface area contributed by atoms with Crippen molar-refractivity contribution in [3.05, 3.63) is 28.8 Å². The SMILES string of the molecule is CCCOC(=O)c1ccc(Cl)c(NC(=O)C(C)C)c1. The molecule has 1 aromatic rings. The van der Waals surface area contributed by atoms with Crippen molar-refractivity contribution in [2.45, 2.75) is 27.2 Å². The third-order valence-electron chi connectivity index (χ3n) is 2.42. The maximum absolute atomic E-state index is 11.7. The van der Waals surface area contributed by atoms with Crippen LogP contribution in [0.25, 0.3) is 0 Å². The fourth-order valence-electron chi connectivity index (χ4n) is 1.30. The Kier molecular flexibility index (Phi) is 5.83. The summed E-state index contributed by atoms with van der Waals surface area (Å²) in [5.74, 6) is -0.730. The van der Waals surface area contributed by atoms with Crippen LogP contribution in [0, 0.1) is 5.92 Å². The van der Waals surface area contributed by atoms with Gasteiger partial charge in [0.15, 0.2) is 0 Å². The van der Waals surface area contributed by atoms with Gasteiger partial charge in [-0.1, -0.05) is 32.4 Å². The molecule has 0 aromatic heterocycles. The van der Waals surface area contributed by atoms with E-state index in [1.807, 2.05) is 6.92 Å². The van der Waals surface area contributed by atoms with Crippen molar-refractivity contribution < 1.29 is 14.3 Å². The lowest BCUT2D eigenvalue weighted by Gasteiger charge is -2.11. The monoisotopic (exact) mass is 283 g/mol. The van der Waals surface area contributed by atoms with Gasteiger partial charge < -0.3 is 10.1 Å². The van der Waals surface area contributed by atoms with Gasteiger partial charge in [0, 0.05) is 5.92 Å². The van der Waals surface area contributed by atoms with Gasteiger partial charge in [-0.15, -0.1) is 0 Å². The van der Waals surface area contributed by atoms with E-state index in [4.69, 9.17) is 16.3 Å². The Morgan fingerprint density at radius 1 is 1.37 bits per heavy atom. The lowest BCUT2D eigenvalue weighted by molar-refractivity contribution is -0.118. The summed E-state index contributed by atoms with van der Waals surface area (Å²) < 4.78 is 5.03. The number of amides is 1. The smallest absolute Gasteiger partial charge is 0.338 e. The second-order valence-electron chi connectivity index (χ2n) is 4.47. The first-order valence-electron chi connectivity index (χ1n) is 6.23. The summed E-state index contributed by atoms with van der Waals surface area (Å²) in [6, 6.07) is 4.67. The van der Waals surface area contributed by atoms with Gasteiger partial charge in [-0.3, -0.25) is 4.79 Å². The van der Waals surface area contributed by atoms with Gasteiger partial charge >= 0.3 is 5.97 Å². The molecule has 0 saturated carbocycles. The van der Waals surface area contributed by atoms with Crippen LogP contribution >= 0.6 is 11.6 Å². The predicted molar refractivity (Wildman–Crippen MR) is 75.5 cm³/mol. The third kappa shape index (κ3) is 4.56. The summed E-state index contributed by atoms with van der Waals surface area (Å²) in [5, 5.41) is 3.07. The Hall–Kier alpha value is -1.55. The molecule has 0 fully saturated rings. The van der Waals surface area contributed by atoms with Crippen LogP contribution in [0.3, 0.4) is 0 Å². The first kappa shape index (κ1) is 15.5. The molecule has 1 amide bonds. The van der Waals surface area contributed by atoms with Crippen molar-refractivity contribution in [2.75, 3.05) is 11.9 Å². The average Bonchev–Trinajstić information content (AvgIpc) is 2.38. The average molecular weight is 284 g/mol. The molecule has 0 radical (unpaired) electrons. The summed E-state index contributed by atoms with van der Waals surface area (Å²) >= 11 is 5.99. The number of esters is 1. The van der Waals surface area contributed by atoms with Crippen LogP contribution in [-0.2, 0) is 9.53 Å². The molecule has 0 atom stereocenters. The Balaban J connectivity index is 2.88. The highest BCUT2D eigenvalue weighted by atomic mass is 35.5. The Morgan fingerprint density at radius 2 is 2.05 bits per heavy atom. The molecular formula is C14H18ClNO3. The zero-order valence-electron chi connectivity index (χ0n) is 11.3. The molecule has 5 heteroatoms. The van der Waals surface area contributed by atoms with Crippen molar-refractivity contribution in [2.24, 2.45) is 5.92 Å². The minimum atomic E-state index is -0.418. The number of anilines is 1. The van der Waals surface area contributed by atoms with Crippen molar-refractivity contribution in [3.8, 4) is 0 Å². The topological polar surface area (TPSA) is 55.4 Å². The number of benzene rings is 1. The minimum Gasteiger partial charge on any atom is -0.462 e. The van der Waals surface area contributed by atoms with Crippen LogP contribution in [-0.4, -0.2) is 18.5 Å². The summed E-state index contributed by atoms with van der Waals surface area (Å²) in [6.45, 7) is 5.85. The number of nitrogens with one attached hydrogen (secondary N) is 1. The lowest BCUT2D eigenvalue weighted by atomic mass is 10.1. The first-order chi connectivity index (χ1) is 8.95.